The van der Waals surface area contributed by atoms with Crippen LogP contribution in [-0.4, -0.2) is 22.4 Å². The Morgan fingerprint density at radius 1 is 1.17 bits per heavy atom. The van der Waals surface area contributed by atoms with Gasteiger partial charge in [0.25, 0.3) is 0 Å². The molecule has 0 bridgehead atoms. The molecule has 5 heteroatoms. The third-order valence-electron chi connectivity index (χ3n) is 5.97. The van der Waals surface area contributed by atoms with Crippen LogP contribution < -0.4 is 10.3 Å². The van der Waals surface area contributed by atoms with Gasteiger partial charge in [0.1, 0.15) is 11.5 Å². The summed E-state index contributed by atoms with van der Waals surface area (Å²) in [4.78, 5) is 32.0. The molecule has 1 fully saturated rings. The fraction of sp³-hybridized carbons (Fsp3) is 0.292. The molecule has 1 N–H and O–H groups in total. The maximum atomic E-state index is 13.3. The highest BCUT2D eigenvalue weighted by Crippen LogP contribution is 2.50. The zero-order chi connectivity index (χ0) is 20.0. The van der Waals surface area contributed by atoms with Crippen molar-refractivity contribution in [2.75, 3.05) is 6.61 Å². The van der Waals surface area contributed by atoms with Crippen molar-refractivity contribution < 1.29 is 9.53 Å². The standard InChI is InChI=1S/C24H22N2O3/c1-15-10-19(26-20(11-15)17-2-5-23(28)25-14-17)13-22(27)24(7-8-24)18-3-4-21-16(12-18)6-9-29-21/h2-5,10-12,14H,6-9,13H2,1H3,(H,25,28). The number of hydrogen-bond acceptors (Lipinski definition) is 4. The number of ether oxygens (including phenoxy) is 1. The molecule has 1 saturated carbocycles. The number of aromatic amines is 1. The molecule has 146 valence electrons. The van der Waals surface area contributed by atoms with E-state index in [2.05, 4.69) is 11.1 Å². The molecule has 0 saturated heterocycles. The lowest BCUT2D eigenvalue weighted by Crippen LogP contribution is -2.23. The lowest BCUT2D eigenvalue weighted by atomic mass is 9.87. The van der Waals surface area contributed by atoms with Crippen molar-refractivity contribution in [3.63, 3.8) is 0 Å². The van der Waals surface area contributed by atoms with Crippen molar-refractivity contribution >= 4 is 5.78 Å². The number of nitrogens with zero attached hydrogens (tertiary/aromatic N) is 1. The Morgan fingerprint density at radius 2 is 2.03 bits per heavy atom. The molecule has 3 aromatic rings. The quantitative estimate of drug-likeness (QED) is 0.728. The number of carbonyl (C=O) groups is 1. The van der Waals surface area contributed by atoms with Crippen molar-refractivity contribution in [3.8, 4) is 17.0 Å². The number of aryl methyl sites for hydroxylation is 1. The van der Waals surface area contributed by atoms with E-state index in [1.807, 2.05) is 31.2 Å². The molecule has 1 aliphatic heterocycles. The van der Waals surface area contributed by atoms with Crippen LogP contribution in [0.5, 0.6) is 5.75 Å². The first-order valence-corrected chi connectivity index (χ1v) is 10.00. The molecule has 1 aliphatic carbocycles. The van der Waals surface area contributed by atoms with E-state index in [4.69, 9.17) is 9.72 Å². The number of pyridine rings is 2. The van der Waals surface area contributed by atoms with Crippen LogP contribution in [-0.2, 0) is 23.1 Å². The number of hydrogen-bond donors (Lipinski definition) is 1. The van der Waals surface area contributed by atoms with Gasteiger partial charge in [-0.1, -0.05) is 12.1 Å². The maximum absolute atomic E-state index is 13.3. The van der Waals surface area contributed by atoms with Gasteiger partial charge in [0.2, 0.25) is 5.56 Å². The second-order valence-electron chi connectivity index (χ2n) is 8.07. The lowest BCUT2D eigenvalue weighted by molar-refractivity contribution is -0.120. The molecule has 5 rings (SSSR count). The molecule has 2 aromatic heterocycles. The predicted molar refractivity (Wildman–Crippen MR) is 110 cm³/mol. The van der Waals surface area contributed by atoms with Crippen LogP contribution >= 0.6 is 0 Å². The van der Waals surface area contributed by atoms with Crippen LogP contribution in [0.15, 0.2) is 53.5 Å². The van der Waals surface area contributed by atoms with Gasteiger partial charge in [0.05, 0.1) is 17.7 Å². The molecule has 0 unspecified atom stereocenters. The summed E-state index contributed by atoms with van der Waals surface area (Å²) in [6.07, 6.45) is 4.67. The van der Waals surface area contributed by atoms with Crippen LogP contribution in [0.25, 0.3) is 11.3 Å². The lowest BCUT2D eigenvalue weighted by Gasteiger charge is -2.16. The van der Waals surface area contributed by atoms with E-state index in [9.17, 15) is 9.59 Å². The van der Waals surface area contributed by atoms with Gasteiger partial charge in [0, 0.05) is 36.4 Å². The van der Waals surface area contributed by atoms with Gasteiger partial charge in [-0.25, -0.2) is 0 Å². The minimum absolute atomic E-state index is 0.146. The fourth-order valence-corrected chi connectivity index (χ4v) is 4.22. The highest BCUT2D eigenvalue weighted by Gasteiger charge is 2.50. The first kappa shape index (κ1) is 17.9. The average molecular weight is 386 g/mol. The van der Waals surface area contributed by atoms with E-state index in [0.717, 1.165) is 59.7 Å². The van der Waals surface area contributed by atoms with Crippen molar-refractivity contribution in [3.05, 3.63) is 81.4 Å². The summed E-state index contributed by atoms with van der Waals surface area (Å²) in [7, 11) is 0. The molecule has 0 atom stereocenters. The Hall–Kier alpha value is -3.21. The van der Waals surface area contributed by atoms with Crippen molar-refractivity contribution in [2.45, 2.75) is 38.0 Å². The second-order valence-corrected chi connectivity index (χ2v) is 8.07. The van der Waals surface area contributed by atoms with E-state index in [-0.39, 0.29) is 16.8 Å². The topological polar surface area (TPSA) is 72.0 Å². The summed E-state index contributed by atoms with van der Waals surface area (Å²) in [5.41, 5.74) is 5.21. The zero-order valence-corrected chi connectivity index (χ0v) is 16.3. The van der Waals surface area contributed by atoms with E-state index < -0.39 is 0 Å². The summed E-state index contributed by atoms with van der Waals surface area (Å²) in [5.74, 6) is 1.17. The summed E-state index contributed by atoms with van der Waals surface area (Å²) in [6.45, 7) is 2.72. The van der Waals surface area contributed by atoms with E-state index >= 15 is 0 Å². The van der Waals surface area contributed by atoms with Gasteiger partial charge in [0.15, 0.2) is 0 Å². The largest absolute Gasteiger partial charge is 0.493 e. The number of rotatable bonds is 5. The first-order chi connectivity index (χ1) is 14.0. The molecule has 5 nitrogen and oxygen atoms in total. The highest BCUT2D eigenvalue weighted by atomic mass is 16.5. The van der Waals surface area contributed by atoms with Gasteiger partial charge >= 0.3 is 0 Å². The Bertz CT molecular complexity index is 1150. The number of Topliss-reactive ketones (excluding diaryl/α,β-unsaturated/α-hetero) is 1. The normalized spacial score (nSPS) is 16.2. The Kier molecular flexibility index (Phi) is 4.12. The van der Waals surface area contributed by atoms with Gasteiger partial charge in [-0.15, -0.1) is 0 Å². The Labute approximate surface area is 168 Å². The molecule has 29 heavy (non-hydrogen) atoms. The molecule has 0 radical (unpaired) electrons. The van der Waals surface area contributed by atoms with E-state index in [1.165, 1.54) is 11.6 Å². The smallest absolute Gasteiger partial charge is 0.247 e. The minimum atomic E-state index is -0.374. The van der Waals surface area contributed by atoms with Crippen molar-refractivity contribution in [2.24, 2.45) is 0 Å². The van der Waals surface area contributed by atoms with Crippen LogP contribution in [0, 0.1) is 6.92 Å². The monoisotopic (exact) mass is 386 g/mol. The Balaban J connectivity index is 1.42. The predicted octanol–water partition coefficient (Wildman–Crippen LogP) is 3.52. The number of ketones is 1. The van der Waals surface area contributed by atoms with E-state index in [0.29, 0.717) is 6.42 Å². The molecule has 3 heterocycles. The van der Waals surface area contributed by atoms with Crippen molar-refractivity contribution in [1.82, 2.24) is 9.97 Å². The van der Waals surface area contributed by atoms with Crippen LogP contribution in [0.1, 0.15) is 35.2 Å². The number of benzene rings is 1. The Morgan fingerprint density at radius 3 is 2.79 bits per heavy atom. The van der Waals surface area contributed by atoms with Gasteiger partial charge in [-0.3, -0.25) is 14.6 Å². The zero-order valence-electron chi connectivity index (χ0n) is 16.3. The fourth-order valence-electron chi connectivity index (χ4n) is 4.22. The maximum Gasteiger partial charge on any atom is 0.247 e. The third-order valence-corrected chi connectivity index (χ3v) is 5.97. The van der Waals surface area contributed by atoms with Gasteiger partial charge in [-0.05, 0) is 60.7 Å². The summed E-state index contributed by atoms with van der Waals surface area (Å²) >= 11 is 0. The third kappa shape index (κ3) is 3.27. The van der Waals surface area contributed by atoms with Crippen LogP contribution in [0.2, 0.25) is 0 Å². The molecule has 0 spiro atoms. The molecular formula is C24H22N2O3. The molecule has 0 amide bonds. The SMILES string of the molecule is Cc1cc(CC(=O)C2(c3ccc4c(c3)CCO4)CC2)nc(-c2ccc(=O)[nH]c2)c1. The number of fused-ring (bicyclic) bond motifs is 1. The highest BCUT2D eigenvalue weighted by molar-refractivity contribution is 5.94. The number of nitrogens with one attached hydrogen (secondary N) is 1. The van der Waals surface area contributed by atoms with Crippen LogP contribution in [0.3, 0.4) is 0 Å². The van der Waals surface area contributed by atoms with Crippen LogP contribution in [0.4, 0.5) is 0 Å². The number of H-pyrrole nitrogens is 1. The molecule has 1 aromatic carbocycles. The van der Waals surface area contributed by atoms with E-state index in [1.54, 1.807) is 12.3 Å². The minimum Gasteiger partial charge on any atom is -0.493 e. The summed E-state index contributed by atoms with van der Waals surface area (Å²) < 4.78 is 5.60. The van der Waals surface area contributed by atoms with Gasteiger partial charge < -0.3 is 9.72 Å². The second kappa shape index (κ2) is 6.69. The molecule has 2 aliphatic rings. The summed E-state index contributed by atoms with van der Waals surface area (Å²) in [5, 5.41) is 0. The average Bonchev–Trinajstić information content (AvgIpc) is 3.39. The number of carbonyl (C=O) groups excluding carboxylic acids is 1. The first-order valence-electron chi connectivity index (χ1n) is 10.00. The van der Waals surface area contributed by atoms with Gasteiger partial charge in [-0.2, -0.15) is 0 Å². The molecular weight excluding hydrogens is 364 g/mol. The number of aromatic nitrogens is 2. The summed E-state index contributed by atoms with van der Waals surface area (Å²) in [6, 6.07) is 13.4. The van der Waals surface area contributed by atoms with Crippen molar-refractivity contribution in [1.29, 1.82) is 0 Å².